The van der Waals surface area contributed by atoms with Gasteiger partial charge in [0, 0.05) is 68.3 Å². The van der Waals surface area contributed by atoms with E-state index in [0.717, 1.165) is 11.8 Å². The molecule has 2 aliphatic heterocycles. The van der Waals surface area contributed by atoms with Gasteiger partial charge < -0.3 is 10.2 Å². The molecule has 2 aromatic heterocycles. The van der Waals surface area contributed by atoms with Crippen LogP contribution in [0.2, 0.25) is 0 Å². The highest BCUT2D eigenvalue weighted by Crippen LogP contribution is 2.57. The maximum Gasteiger partial charge on any atom is 0.249 e. The maximum absolute atomic E-state index is 13.5. The van der Waals surface area contributed by atoms with Crippen molar-refractivity contribution in [2.75, 3.05) is 42.7 Å². The largest absolute Gasteiger partial charge is 0.354 e. The monoisotopic (exact) mass is 452 g/mol. The first-order valence-electron chi connectivity index (χ1n) is 10.6. The highest BCUT2D eigenvalue weighted by molar-refractivity contribution is 7.88. The molecule has 0 bridgehead atoms. The molecule has 1 N–H and O–H groups in total. The average Bonchev–Trinajstić information content (AvgIpc) is 3.10. The molecule has 3 fully saturated rings. The van der Waals surface area contributed by atoms with Gasteiger partial charge in [-0.25, -0.2) is 36.5 Å². The Morgan fingerprint density at radius 2 is 1.90 bits per heavy atom. The smallest absolute Gasteiger partial charge is 0.249 e. The predicted octanol–water partition coefficient (Wildman–Crippen LogP) is 2.49. The summed E-state index contributed by atoms with van der Waals surface area (Å²) >= 11 is 0. The summed E-state index contributed by atoms with van der Waals surface area (Å²) in [6.45, 7) is 2.21. The van der Waals surface area contributed by atoms with Crippen LogP contribution in [-0.2, 0) is 10.0 Å². The zero-order valence-electron chi connectivity index (χ0n) is 17.4. The number of alkyl halides is 2. The molecule has 4 heterocycles. The van der Waals surface area contributed by atoms with Crippen LogP contribution in [0.1, 0.15) is 32.1 Å². The summed E-state index contributed by atoms with van der Waals surface area (Å²) in [5.74, 6) is -1.35. The van der Waals surface area contributed by atoms with Gasteiger partial charge in [0.1, 0.15) is 5.52 Å². The fourth-order valence-electron chi connectivity index (χ4n) is 5.21. The number of sulfonamides is 1. The molecule has 168 valence electrons. The van der Waals surface area contributed by atoms with E-state index in [4.69, 9.17) is 4.98 Å². The third-order valence-electron chi connectivity index (χ3n) is 6.74. The van der Waals surface area contributed by atoms with Crippen LogP contribution in [0.15, 0.2) is 18.5 Å². The molecule has 0 atom stereocenters. The Morgan fingerprint density at radius 1 is 1.16 bits per heavy atom. The zero-order chi connectivity index (χ0) is 21.9. The van der Waals surface area contributed by atoms with E-state index in [9.17, 15) is 17.2 Å². The molecular weight excluding hydrogens is 426 g/mol. The van der Waals surface area contributed by atoms with Crippen LogP contribution >= 0.6 is 0 Å². The number of halogens is 2. The second-order valence-electron chi connectivity index (χ2n) is 9.23. The minimum Gasteiger partial charge on any atom is -0.354 e. The van der Waals surface area contributed by atoms with E-state index in [0.29, 0.717) is 56.3 Å². The summed E-state index contributed by atoms with van der Waals surface area (Å²) in [5.41, 5.74) is 0.395. The van der Waals surface area contributed by atoms with Crippen molar-refractivity contribution < 1.29 is 17.2 Å². The number of fused-ring (bicyclic) bond motifs is 1. The molecule has 2 saturated heterocycles. The van der Waals surface area contributed by atoms with Crippen LogP contribution < -0.4 is 10.2 Å². The van der Waals surface area contributed by atoms with Crippen molar-refractivity contribution >= 4 is 32.7 Å². The summed E-state index contributed by atoms with van der Waals surface area (Å²) < 4.78 is 51.8. The summed E-state index contributed by atoms with van der Waals surface area (Å²) in [7, 11) is -3.17. The highest BCUT2D eigenvalue weighted by atomic mass is 32.2. The Bertz CT molecular complexity index is 1100. The first-order valence-corrected chi connectivity index (χ1v) is 12.4. The van der Waals surface area contributed by atoms with E-state index < -0.39 is 15.9 Å². The van der Waals surface area contributed by atoms with Crippen molar-refractivity contribution in [3.8, 4) is 0 Å². The molecule has 5 rings (SSSR count). The summed E-state index contributed by atoms with van der Waals surface area (Å²) in [6.07, 6.45) is 6.68. The molecule has 0 amide bonds. The summed E-state index contributed by atoms with van der Waals surface area (Å²) in [4.78, 5) is 15.7. The van der Waals surface area contributed by atoms with Crippen LogP contribution in [0.3, 0.4) is 0 Å². The second kappa shape index (κ2) is 7.19. The van der Waals surface area contributed by atoms with Gasteiger partial charge in [-0.2, -0.15) is 0 Å². The topological polar surface area (TPSA) is 91.3 Å². The van der Waals surface area contributed by atoms with Gasteiger partial charge >= 0.3 is 0 Å². The van der Waals surface area contributed by atoms with Crippen LogP contribution in [0, 0.1) is 5.41 Å². The van der Waals surface area contributed by atoms with Gasteiger partial charge in [-0.05, 0) is 25.3 Å². The van der Waals surface area contributed by atoms with Crippen molar-refractivity contribution in [3.63, 3.8) is 0 Å². The number of rotatable bonds is 4. The predicted molar refractivity (Wildman–Crippen MR) is 114 cm³/mol. The minimum atomic E-state index is -3.17. The number of pyridine rings is 1. The van der Waals surface area contributed by atoms with Crippen molar-refractivity contribution in [2.24, 2.45) is 5.41 Å². The Balaban J connectivity index is 1.32. The second-order valence-corrected chi connectivity index (χ2v) is 11.2. The lowest BCUT2D eigenvalue weighted by molar-refractivity contribution is -0.152. The number of nitrogens with one attached hydrogen (secondary N) is 1. The van der Waals surface area contributed by atoms with Crippen molar-refractivity contribution in [1.29, 1.82) is 0 Å². The Morgan fingerprint density at radius 3 is 2.58 bits per heavy atom. The van der Waals surface area contributed by atoms with Gasteiger partial charge in [-0.1, -0.05) is 0 Å². The highest BCUT2D eigenvalue weighted by Gasteiger charge is 2.58. The van der Waals surface area contributed by atoms with E-state index in [1.165, 1.54) is 10.6 Å². The first-order chi connectivity index (χ1) is 14.6. The van der Waals surface area contributed by atoms with E-state index >= 15 is 0 Å². The van der Waals surface area contributed by atoms with E-state index in [1.54, 1.807) is 12.4 Å². The molecule has 3 aliphatic rings. The molecule has 2 aromatic rings. The summed E-state index contributed by atoms with van der Waals surface area (Å²) in [6, 6.07) is 1.93. The lowest BCUT2D eigenvalue weighted by atomic mass is 9.65. The number of hydrogen-bond acceptors (Lipinski definition) is 7. The van der Waals surface area contributed by atoms with Gasteiger partial charge in [-0.3, -0.25) is 0 Å². The quantitative estimate of drug-likeness (QED) is 0.762. The van der Waals surface area contributed by atoms with Gasteiger partial charge in [-0.15, -0.1) is 0 Å². The van der Waals surface area contributed by atoms with Gasteiger partial charge in [0.05, 0.1) is 6.26 Å². The molecule has 1 spiro atoms. The van der Waals surface area contributed by atoms with Gasteiger partial charge in [0.25, 0.3) is 0 Å². The van der Waals surface area contributed by atoms with Crippen molar-refractivity contribution in [3.05, 3.63) is 18.5 Å². The number of anilines is 2. The number of nitrogens with zero attached hydrogens (tertiary/aromatic N) is 5. The maximum atomic E-state index is 13.5. The Kier molecular flexibility index (Phi) is 4.81. The number of hydrogen-bond donors (Lipinski definition) is 1. The van der Waals surface area contributed by atoms with Crippen LogP contribution in [0.4, 0.5) is 20.5 Å². The van der Waals surface area contributed by atoms with Crippen LogP contribution in [-0.4, -0.2) is 72.1 Å². The number of piperidine rings is 1. The minimum absolute atomic E-state index is 0.0464. The molecule has 0 aromatic carbocycles. The molecule has 31 heavy (non-hydrogen) atoms. The van der Waals surface area contributed by atoms with E-state index in [-0.39, 0.29) is 24.3 Å². The lowest BCUT2D eigenvalue weighted by Crippen LogP contribution is -2.47. The Labute approximate surface area is 180 Å². The van der Waals surface area contributed by atoms with Crippen LogP contribution in [0.5, 0.6) is 0 Å². The standard InChI is InChI=1S/C20H26F2N6O2S/c1-31(29,30)28-7-3-15(4-8-28)25-18-24-10-14-2-6-23-17(16(14)26-18)27-9-5-19(13-27)11-20(21,22)12-19/h2,6,10,15H,3-5,7-9,11-13H2,1H3,(H,24,25,26). The summed E-state index contributed by atoms with van der Waals surface area (Å²) in [5, 5.41) is 4.17. The molecule has 0 radical (unpaired) electrons. The first kappa shape index (κ1) is 20.7. The third-order valence-corrected chi connectivity index (χ3v) is 8.04. The Hall–Kier alpha value is -2.14. The van der Waals surface area contributed by atoms with Crippen LogP contribution in [0.25, 0.3) is 10.9 Å². The normalized spacial score (nSPS) is 23.9. The lowest BCUT2D eigenvalue weighted by Gasteiger charge is -2.44. The molecule has 11 heteroatoms. The fourth-order valence-corrected chi connectivity index (χ4v) is 6.08. The van der Waals surface area contributed by atoms with E-state index in [1.807, 2.05) is 6.07 Å². The van der Waals surface area contributed by atoms with Gasteiger partial charge in [0.15, 0.2) is 5.82 Å². The fraction of sp³-hybridized carbons (Fsp3) is 0.650. The molecule has 1 saturated carbocycles. The van der Waals surface area contributed by atoms with Crippen molar-refractivity contribution in [1.82, 2.24) is 19.3 Å². The van der Waals surface area contributed by atoms with E-state index in [2.05, 4.69) is 20.2 Å². The number of aromatic nitrogens is 3. The third kappa shape index (κ3) is 4.05. The molecule has 1 aliphatic carbocycles. The zero-order valence-corrected chi connectivity index (χ0v) is 18.2. The average molecular weight is 453 g/mol. The molecule has 0 unspecified atom stereocenters. The SMILES string of the molecule is CS(=O)(=O)N1CCC(Nc2ncc3ccnc(N4CCC5(C4)CC(F)(F)C5)c3n2)CC1. The molecular formula is C20H26F2N6O2S. The molecule has 8 nitrogen and oxygen atoms in total. The van der Waals surface area contributed by atoms with Gasteiger partial charge in [0.2, 0.25) is 21.9 Å². The van der Waals surface area contributed by atoms with Crippen molar-refractivity contribution in [2.45, 2.75) is 44.1 Å².